The van der Waals surface area contributed by atoms with Crippen molar-refractivity contribution in [3.8, 4) is 5.88 Å². The van der Waals surface area contributed by atoms with E-state index in [1.165, 1.54) is 0 Å². The van der Waals surface area contributed by atoms with Gasteiger partial charge in [-0.3, -0.25) is 0 Å². The Balaban J connectivity index is 1.95. The maximum absolute atomic E-state index is 6.21. The largest absolute Gasteiger partial charge is 0.471 e. The molecule has 0 atom stereocenters. The van der Waals surface area contributed by atoms with Crippen LogP contribution in [-0.2, 0) is 13.2 Å². The van der Waals surface area contributed by atoms with Gasteiger partial charge in [-0.2, -0.15) is 0 Å². The van der Waals surface area contributed by atoms with Gasteiger partial charge >= 0.3 is 0 Å². The molecular weight excluding hydrogens is 292 g/mol. The summed E-state index contributed by atoms with van der Waals surface area (Å²) in [5.74, 6) is 0.486. The molecule has 0 saturated carbocycles. The zero-order chi connectivity index (χ0) is 14.6. The van der Waals surface area contributed by atoms with Gasteiger partial charge in [0.25, 0.3) is 0 Å². The lowest BCUT2D eigenvalue weighted by Gasteiger charge is -2.20. The van der Waals surface area contributed by atoms with Crippen LogP contribution in [0.2, 0.25) is 5.02 Å². The van der Waals surface area contributed by atoms with Crippen molar-refractivity contribution in [2.24, 2.45) is 0 Å². The van der Waals surface area contributed by atoms with Crippen molar-refractivity contribution in [2.45, 2.75) is 39.5 Å². The molecule has 0 amide bonds. The first-order valence-corrected chi connectivity index (χ1v) is 7.74. The van der Waals surface area contributed by atoms with Crippen molar-refractivity contribution in [3.63, 3.8) is 0 Å². The highest BCUT2D eigenvalue weighted by Gasteiger charge is 2.10. The van der Waals surface area contributed by atoms with E-state index in [0.717, 1.165) is 17.0 Å². The fraction of sp³-hybridized carbons (Fsp3) is 0.400. The lowest BCUT2D eigenvalue weighted by atomic mass is 10.1. The van der Waals surface area contributed by atoms with E-state index in [4.69, 9.17) is 16.3 Å². The van der Waals surface area contributed by atoms with Crippen molar-refractivity contribution in [2.75, 3.05) is 0 Å². The highest BCUT2D eigenvalue weighted by Crippen LogP contribution is 2.24. The van der Waals surface area contributed by atoms with E-state index in [1.54, 1.807) is 17.5 Å². The summed E-state index contributed by atoms with van der Waals surface area (Å²) < 4.78 is 5.63. The third-order valence-corrected chi connectivity index (χ3v) is 3.74. The number of rotatable bonds is 5. The second-order valence-corrected chi connectivity index (χ2v) is 7.04. The zero-order valence-electron chi connectivity index (χ0n) is 11.9. The van der Waals surface area contributed by atoms with E-state index in [9.17, 15) is 0 Å². The molecule has 0 unspecified atom stereocenters. The Kier molecular flexibility index (Phi) is 5.02. The summed E-state index contributed by atoms with van der Waals surface area (Å²) in [6, 6.07) is 5.93. The SMILES string of the molecule is CC(C)(C)NCc1cnc(OCc2cccs2)c(Cl)c1. The molecule has 0 spiro atoms. The van der Waals surface area contributed by atoms with E-state index >= 15 is 0 Å². The average Bonchev–Trinajstić information content (AvgIpc) is 2.87. The van der Waals surface area contributed by atoms with Gasteiger partial charge in [-0.1, -0.05) is 17.7 Å². The third-order valence-electron chi connectivity index (χ3n) is 2.62. The number of thiophene rings is 1. The summed E-state index contributed by atoms with van der Waals surface area (Å²) in [6.07, 6.45) is 1.80. The van der Waals surface area contributed by atoms with Gasteiger partial charge in [0, 0.05) is 23.2 Å². The molecule has 0 aromatic carbocycles. The maximum atomic E-state index is 6.21. The Hall–Kier alpha value is -1.10. The molecule has 2 aromatic rings. The molecule has 0 fully saturated rings. The second kappa shape index (κ2) is 6.57. The number of nitrogens with one attached hydrogen (secondary N) is 1. The van der Waals surface area contributed by atoms with Gasteiger partial charge in [0.15, 0.2) is 0 Å². The lowest BCUT2D eigenvalue weighted by molar-refractivity contribution is 0.297. The lowest BCUT2D eigenvalue weighted by Crippen LogP contribution is -2.35. The number of hydrogen-bond donors (Lipinski definition) is 1. The first-order chi connectivity index (χ1) is 9.44. The smallest absolute Gasteiger partial charge is 0.232 e. The second-order valence-electron chi connectivity index (χ2n) is 5.60. The predicted octanol–water partition coefficient (Wildman–Crippen LogP) is 4.26. The molecule has 1 N–H and O–H groups in total. The molecule has 0 radical (unpaired) electrons. The van der Waals surface area contributed by atoms with Crippen LogP contribution >= 0.6 is 22.9 Å². The number of pyridine rings is 1. The Labute approximate surface area is 129 Å². The molecular formula is C15H19ClN2OS. The van der Waals surface area contributed by atoms with Crippen LogP contribution in [0.4, 0.5) is 0 Å². The van der Waals surface area contributed by atoms with E-state index < -0.39 is 0 Å². The van der Waals surface area contributed by atoms with Gasteiger partial charge in [0.05, 0.1) is 0 Å². The van der Waals surface area contributed by atoms with Crippen LogP contribution in [0.5, 0.6) is 5.88 Å². The van der Waals surface area contributed by atoms with Crippen LogP contribution in [0.1, 0.15) is 31.2 Å². The number of aromatic nitrogens is 1. The summed E-state index contributed by atoms with van der Waals surface area (Å²) in [5, 5.41) is 5.97. The van der Waals surface area contributed by atoms with Crippen LogP contribution in [0.15, 0.2) is 29.8 Å². The van der Waals surface area contributed by atoms with E-state index in [2.05, 4.69) is 31.1 Å². The van der Waals surface area contributed by atoms with Crippen LogP contribution in [0.25, 0.3) is 0 Å². The Morgan fingerprint density at radius 2 is 2.20 bits per heavy atom. The van der Waals surface area contributed by atoms with Crippen molar-refractivity contribution >= 4 is 22.9 Å². The van der Waals surface area contributed by atoms with Crippen LogP contribution in [-0.4, -0.2) is 10.5 Å². The van der Waals surface area contributed by atoms with Crippen molar-refractivity contribution in [3.05, 3.63) is 45.2 Å². The number of ether oxygens (including phenoxy) is 1. The van der Waals surface area contributed by atoms with Gasteiger partial charge < -0.3 is 10.1 Å². The summed E-state index contributed by atoms with van der Waals surface area (Å²) in [7, 11) is 0. The van der Waals surface area contributed by atoms with Gasteiger partial charge in [0.1, 0.15) is 11.6 Å². The molecule has 2 aromatic heterocycles. The predicted molar refractivity (Wildman–Crippen MR) is 84.5 cm³/mol. The van der Waals surface area contributed by atoms with Gasteiger partial charge in [-0.25, -0.2) is 4.98 Å². The molecule has 0 aliphatic rings. The van der Waals surface area contributed by atoms with Gasteiger partial charge in [0.2, 0.25) is 5.88 Å². The summed E-state index contributed by atoms with van der Waals surface area (Å²) in [4.78, 5) is 5.44. The van der Waals surface area contributed by atoms with Crippen LogP contribution < -0.4 is 10.1 Å². The topological polar surface area (TPSA) is 34.2 Å². The van der Waals surface area contributed by atoms with Gasteiger partial charge in [-0.05, 0) is 43.8 Å². The number of hydrogen-bond acceptors (Lipinski definition) is 4. The monoisotopic (exact) mass is 310 g/mol. The molecule has 20 heavy (non-hydrogen) atoms. The van der Waals surface area contributed by atoms with E-state index in [-0.39, 0.29) is 5.54 Å². The highest BCUT2D eigenvalue weighted by atomic mass is 35.5. The summed E-state index contributed by atoms with van der Waals surface area (Å²) in [6.45, 7) is 7.62. The summed E-state index contributed by atoms with van der Waals surface area (Å²) >= 11 is 7.86. The fourth-order valence-electron chi connectivity index (χ4n) is 1.57. The average molecular weight is 311 g/mol. The highest BCUT2D eigenvalue weighted by molar-refractivity contribution is 7.09. The first kappa shape index (κ1) is 15.3. The molecule has 2 heterocycles. The standard InChI is InChI=1S/C15H19ClN2OS/c1-15(2,3)18-9-11-7-13(16)14(17-8-11)19-10-12-5-4-6-20-12/h4-8,18H,9-10H2,1-3H3. The van der Waals surface area contributed by atoms with Crippen molar-refractivity contribution in [1.29, 1.82) is 0 Å². The summed E-state index contributed by atoms with van der Waals surface area (Å²) in [5.41, 5.74) is 1.12. The van der Waals surface area contributed by atoms with Crippen LogP contribution in [0.3, 0.4) is 0 Å². The fourth-order valence-corrected chi connectivity index (χ4v) is 2.43. The van der Waals surface area contributed by atoms with Gasteiger partial charge in [-0.15, -0.1) is 11.3 Å². The molecule has 0 aliphatic carbocycles. The minimum atomic E-state index is 0.0703. The molecule has 3 nitrogen and oxygen atoms in total. The molecule has 2 rings (SSSR count). The Morgan fingerprint density at radius 3 is 2.80 bits per heavy atom. The molecule has 0 aliphatic heterocycles. The van der Waals surface area contributed by atoms with E-state index in [1.807, 2.05) is 23.6 Å². The molecule has 5 heteroatoms. The molecule has 0 saturated heterocycles. The minimum absolute atomic E-state index is 0.0703. The Bertz CT molecular complexity index is 549. The maximum Gasteiger partial charge on any atom is 0.232 e. The van der Waals surface area contributed by atoms with Crippen molar-refractivity contribution in [1.82, 2.24) is 10.3 Å². The first-order valence-electron chi connectivity index (χ1n) is 6.49. The van der Waals surface area contributed by atoms with E-state index in [0.29, 0.717) is 17.5 Å². The number of nitrogens with zero attached hydrogens (tertiary/aromatic N) is 1. The quantitative estimate of drug-likeness (QED) is 0.896. The van der Waals surface area contributed by atoms with Crippen molar-refractivity contribution < 1.29 is 4.74 Å². The molecule has 0 bridgehead atoms. The normalized spacial score (nSPS) is 11.6. The van der Waals surface area contributed by atoms with Crippen LogP contribution in [0, 0.1) is 0 Å². The zero-order valence-corrected chi connectivity index (χ0v) is 13.5. The molecule has 108 valence electrons. The Morgan fingerprint density at radius 1 is 1.40 bits per heavy atom. The minimum Gasteiger partial charge on any atom is -0.471 e. The number of halogens is 1. The third kappa shape index (κ3) is 4.78.